The van der Waals surface area contributed by atoms with Gasteiger partial charge in [-0.25, -0.2) is 5.48 Å². The highest BCUT2D eigenvalue weighted by Gasteiger charge is 2.14. The van der Waals surface area contributed by atoms with Crippen LogP contribution < -0.4 is 11.2 Å². The number of nitrogens with two attached hydrogens (primary N) is 1. The van der Waals surface area contributed by atoms with Crippen molar-refractivity contribution >= 4 is 0 Å². The van der Waals surface area contributed by atoms with E-state index in [1.807, 2.05) is 0 Å². The fourth-order valence-electron chi connectivity index (χ4n) is 1.36. The Hall–Kier alpha value is -0.120. The smallest absolute Gasteiger partial charge is 0.0790 e. The maximum atomic E-state index is 5.40. The van der Waals surface area contributed by atoms with E-state index in [1.54, 1.807) is 0 Å². The third-order valence-corrected chi connectivity index (χ3v) is 2.04. The highest BCUT2D eigenvalue weighted by molar-refractivity contribution is 4.65. The summed E-state index contributed by atoms with van der Waals surface area (Å²) in [4.78, 5) is 5.40. The van der Waals surface area contributed by atoms with Crippen molar-refractivity contribution in [2.75, 3.05) is 13.1 Å². The molecule has 3 N–H and O–H groups in total. The Morgan fingerprint density at radius 1 is 1.36 bits per heavy atom. The molecule has 0 aromatic heterocycles. The number of rotatable bonds is 5. The van der Waals surface area contributed by atoms with Gasteiger partial charge in [0.05, 0.1) is 6.10 Å². The minimum Gasteiger partial charge on any atom is -0.330 e. The Morgan fingerprint density at radius 3 is 2.73 bits per heavy atom. The highest BCUT2D eigenvalue weighted by Crippen LogP contribution is 2.19. The largest absolute Gasteiger partial charge is 0.330 e. The van der Waals surface area contributed by atoms with Gasteiger partial charge in [-0.2, -0.15) is 0 Å². The van der Waals surface area contributed by atoms with Gasteiger partial charge in [0.25, 0.3) is 0 Å². The quantitative estimate of drug-likeness (QED) is 0.459. The average molecular weight is 158 g/mol. The molecule has 0 bridgehead atoms. The van der Waals surface area contributed by atoms with Gasteiger partial charge >= 0.3 is 0 Å². The summed E-state index contributed by atoms with van der Waals surface area (Å²) >= 11 is 0. The SMILES string of the molecule is NCCCNOC1CCCC1. The van der Waals surface area contributed by atoms with Crippen molar-refractivity contribution in [2.24, 2.45) is 5.73 Å². The lowest BCUT2D eigenvalue weighted by molar-refractivity contribution is -0.0204. The fraction of sp³-hybridized carbons (Fsp3) is 1.00. The molecule has 0 spiro atoms. The van der Waals surface area contributed by atoms with E-state index in [2.05, 4.69) is 5.48 Å². The van der Waals surface area contributed by atoms with Crippen LogP contribution >= 0.6 is 0 Å². The maximum absolute atomic E-state index is 5.40. The zero-order chi connectivity index (χ0) is 7.94. The van der Waals surface area contributed by atoms with E-state index in [0.717, 1.165) is 19.5 Å². The van der Waals surface area contributed by atoms with Crippen LogP contribution in [-0.4, -0.2) is 19.2 Å². The van der Waals surface area contributed by atoms with Crippen LogP contribution in [0.4, 0.5) is 0 Å². The Balaban J connectivity index is 1.86. The van der Waals surface area contributed by atoms with Crippen LogP contribution in [-0.2, 0) is 4.84 Å². The second-order valence-electron chi connectivity index (χ2n) is 3.06. The molecular weight excluding hydrogens is 140 g/mol. The summed E-state index contributed by atoms with van der Waals surface area (Å²) in [5.41, 5.74) is 8.28. The molecule has 1 aliphatic carbocycles. The molecule has 0 saturated heterocycles. The van der Waals surface area contributed by atoms with Crippen LogP contribution in [0.25, 0.3) is 0 Å². The number of hydrogen-bond acceptors (Lipinski definition) is 3. The molecule has 0 aromatic carbocycles. The van der Waals surface area contributed by atoms with Gasteiger partial charge in [-0.3, -0.25) is 4.84 Å². The first-order valence-corrected chi connectivity index (χ1v) is 4.52. The molecule has 1 saturated carbocycles. The number of hydrogen-bond donors (Lipinski definition) is 2. The average Bonchev–Trinajstić information content (AvgIpc) is 2.50. The molecule has 1 fully saturated rings. The summed E-state index contributed by atoms with van der Waals surface area (Å²) in [5, 5.41) is 0. The summed E-state index contributed by atoms with van der Waals surface area (Å²) < 4.78 is 0. The maximum Gasteiger partial charge on any atom is 0.0790 e. The Morgan fingerprint density at radius 2 is 2.09 bits per heavy atom. The molecule has 1 rings (SSSR count). The van der Waals surface area contributed by atoms with E-state index in [1.165, 1.54) is 25.7 Å². The van der Waals surface area contributed by atoms with E-state index in [0.29, 0.717) is 6.10 Å². The normalized spacial score (nSPS) is 19.4. The van der Waals surface area contributed by atoms with Crippen LogP contribution in [0, 0.1) is 0 Å². The molecule has 0 amide bonds. The second-order valence-corrected chi connectivity index (χ2v) is 3.06. The molecule has 66 valence electrons. The third-order valence-electron chi connectivity index (χ3n) is 2.04. The van der Waals surface area contributed by atoms with Gasteiger partial charge in [0.15, 0.2) is 0 Å². The van der Waals surface area contributed by atoms with E-state index in [9.17, 15) is 0 Å². The first-order valence-electron chi connectivity index (χ1n) is 4.52. The molecule has 0 radical (unpaired) electrons. The van der Waals surface area contributed by atoms with Gasteiger partial charge in [-0.15, -0.1) is 0 Å². The van der Waals surface area contributed by atoms with Crippen molar-refractivity contribution in [3.8, 4) is 0 Å². The zero-order valence-electron chi connectivity index (χ0n) is 7.01. The lowest BCUT2D eigenvalue weighted by atomic mass is 10.3. The van der Waals surface area contributed by atoms with Crippen molar-refractivity contribution in [2.45, 2.75) is 38.2 Å². The number of hydroxylamine groups is 1. The molecule has 0 heterocycles. The molecule has 0 unspecified atom stereocenters. The molecular formula is C8H18N2O. The van der Waals surface area contributed by atoms with Crippen LogP contribution in [0.2, 0.25) is 0 Å². The summed E-state index contributed by atoms with van der Waals surface area (Å²) in [6.07, 6.45) is 6.54. The summed E-state index contributed by atoms with van der Waals surface area (Å²) in [7, 11) is 0. The monoisotopic (exact) mass is 158 g/mol. The summed E-state index contributed by atoms with van der Waals surface area (Å²) in [6.45, 7) is 1.62. The van der Waals surface area contributed by atoms with Crippen molar-refractivity contribution in [1.29, 1.82) is 0 Å². The third kappa shape index (κ3) is 3.70. The molecule has 0 aromatic rings. The molecule has 3 nitrogen and oxygen atoms in total. The molecule has 11 heavy (non-hydrogen) atoms. The van der Waals surface area contributed by atoms with Crippen LogP contribution in [0.1, 0.15) is 32.1 Å². The van der Waals surface area contributed by atoms with Gasteiger partial charge < -0.3 is 5.73 Å². The van der Waals surface area contributed by atoms with E-state index < -0.39 is 0 Å². The van der Waals surface area contributed by atoms with E-state index in [-0.39, 0.29) is 0 Å². The standard InChI is InChI=1S/C8H18N2O/c9-6-3-7-10-11-8-4-1-2-5-8/h8,10H,1-7,9H2. The van der Waals surface area contributed by atoms with E-state index in [4.69, 9.17) is 10.6 Å². The van der Waals surface area contributed by atoms with E-state index >= 15 is 0 Å². The predicted octanol–water partition coefficient (Wildman–Crippen LogP) is 0.799. The minimum atomic E-state index is 0.466. The summed E-state index contributed by atoms with van der Waals surface area (Å²) in [5.74, 6) is 0. The minimum absolute atomic E-state index is 0.466. The van der Waals surface area contributed by atoms with Crippen LogP contribution in [0.5, 0.6) is 0 Å². The van der Waals surface area contributed by atoms with Crippen LogP contribution in [0.15, 0.2) is 0 Å². The second kappa shape index (κ2) is 5.52. The predicted molar refractivity (Wildman–Crippen MR) is 45.0 cm³/mol. The first kappa shape index (κ1) is 8.97. The summed E-state index contributed by atoms with van der Waals surface area (Å²) in [6, 6.07) is 0. The van der Waals surface area contributed by atoms with Crippen molar-refractivity contribution in [3.05, 3.63) is 0 Å². The Bertz CT molecular complexity index is 92.1. The zero-order valence-corrected chi connectivity index (χ0v) is 7.01. The van der Waals surface area contributed by atoms with Gasteiger partial charge in [0, 0.05) is 6.54 Å². The van der Waals surface area contributed by atoms with Crippen LogP contribution in [0.3, 0.4) is 0 Å². The lowest BCUT2D eigenvalue weighted by Crippen LogP contribution is -2.24. The van der Waals surface area contributed by atoms with Crippen molar-refractivity contribution in [1.82, 2.24) is 5.48 Å². The van der Waals surface area contributed by atoms with Crippen molar-refractivity contribution < 1.29 is 4.84 Å². The highest BCUT2D eigenvalue weighted by atomic mass is 16.7. The van der Waals surface area contributed by atoms with Gasteiger partial charge in [0.1, 0.15) is 0 Å². The molecule has 1 aliphatic rings. The first-order chi connectivity index (χ1) is 5.43. The van der Waals surface area contributed by atoms with Gasteiger partial charge in [-0.05, 0) is 25.8 Å². The fourth-order valence-corrected chi connectivity index (χ4v) is 1.36. The Labute approximate surface area is 68.2 Å². The van der Waals surface area contributed by atoms with Gasteiger partial charge in [0.2, 0.25) is 0 Å². The molecule has 3 heteroatoms. The van der Waals surface area contributed by atoms with Crippen molar-refractivity contribution in [3.63, 3.8) is 0 Å². The topological polar surface area (TPSA) is 47.3 Å². The molecule has 0 aliphatic heterocycles. The lowest BCUT2D eigenvalue weighted by Gasteiger charge is -2.10. The van der Waals surface area contributed by atoms with Gasteiger partial charge in [-0.1, -0.05) is 12.8 Å². The number of nitrogens with one attached hydrogen (secondary N) is 1. The molecule has 0 atom stereocenters. The Kier molecular flexibility index (Phi) is 4.50.